The number of thiophene rings is 2. The van der Waals surface area contributed by atoms with Gasteiger partial charge in [0.25, 0.3) is 11.8 Å². The molecule has 176 valence electrons. The van der Waals surface area contributed by atoms with Gasteiger partial charge in [0.15, 0.2) is 17.0 Å². The number of carbonyl (C=O) groups excluding carboxylic acids is 2. The van der Waals surface area contributed by atoms with Crippen molar-refractivity contribution in [1.29, 1.82) is 0 Å². The molecule has 0 spiro atoms. The average molecular weight is 506 g/mol. The number of anilines is 1. The van der Waals surface area contributed by atoms with E-state index in [1.165, 1.54) is 28.7 Å². The SMILES string of the molecule is C[C@@H]1CCc2c(sc(NC(=O)c3cc4nc(-c5cccs5)cc(C(F)(F)F)n4n3)c2C(N)=O)C1. The van der Waals surface area contributed by atoms with Crippen LogP contribution in [0.4, 0.5) is 18.2 Å². The number of rotatable bonds is 4. The number of hydrogen-bond acceptors (Lipinski definition) is 6. The smallest absolute Gasteiger partial charge is 0.365 e. The third-order valence-electron chi connectivity index (χ3n) is 5.71. The highest BCUT2D eigenvalue weighted by atomic mass is 32.1. The summed E-state index contributed by atoms with van der Waals surface area (Å²) in [4.78, 5) is 30.9. The second-order valence-electron chi connectivity index (χ2n) is 8.18. The zero-order valence-electron chi connectivity index (χ0n) is 17.8. The molecule has 0 saturated carbocycles. The molecule has 0 aliphatic heterocycles. The zero-order valence-corrected chi connectivity index (χ0v) is 19.4. The first-order chi connectivity index (χ1) is 16.1. The van der Waals surface area contributed by atoms with Gasteiger partial charge in [-0.15, -0.1) is 22.7 Å². The molecule has 0 fully saturated rings. The Hall–Kier alpha value is -3.25. The van der Waals surface area contributed by atoms with Gasteiger partial charge in [0, 0.05) is 10.9 Å². The van der Waals surface area contributed by atoms with Crippen LogP contribution in [0.15, 0.2) is 29.6 Å². The number of aromatic nitrogens is 3. The number of hydrogen-bond donors (Lipinski definition) is 2. The summed E-state index contributed by atoms with van der Waals surface area (Å²) in [7, 11) is 0. The quantitative estimate of drug-likeness (QED) is 0.407. The van der Waals surface area contributed by atoms with Gasteiger partial charge >= 0.3 is 6.18 Å². The summed E-state index contributed by atoms with van der Waals surface area (Å²) in [6.07, 6.45) is -2.35. The van der Waals surface area contributed by atoms with Gasteiger partial charge in [0.1, 0.15) is 5.00 Å². The Morgan fingerprint density at radius 2 is 2.09 bits per heavy atom. The number of halogens is 3. The van der Waals surface area contributed by atoms with Crippen LogP contribution in [0.3, 0.4) is 0 Å². The van der Waals surface area contributed by atoms with Crippen LogP contribution in [-0.2, 0) is 19.0 Å². The van der Waals surface area contributed by atoms with Gasteiger partial charge in [-0.1, -0.05) is 13.0 Å². The molecule has 0 unspecified atom stereocenters. The molecule has 3 N–H and O–H groups in total. The first-order valence-electron chi connectivity index (χ1n) is 10.4. The number of nitrogens with two attached hydrogens (primary N) is 1. The zero-order chi connectivity index (χ0) is 24.2. The van der Waals surface area contributed by atoms with Crippen molar-refractivity contribution in [3.05, 3.63) is 57.0 Å². The lowest BCUT2D eigenvalue weighted by molar-refractivity contribution is -0.142. The lowest BCUT2D eigenvalue weighted by atomic mass is 9.88. The summed E-state index contributed by atoms with van der Waals surface area (Å²) in [6.45, 7) is 2.11. The molecule has 4 heterocycles. The van der Waals surface area contributed by atoms with E-state index in [0.29, 0.717) is 21.7 Å². The molecule has 12 heteroatoms. The van der Waals surface area contributed by atoms with Gasteiger partial charge in [-0.2, -0.15) is 18.3 Å². The first kappa shape index (κ1) is 22.5. The van der Waals surface area contributed by atoms with Crippen molar-refractivity contribution in [2.24, 2.45) is 11.7 Å². The molecule has 4 aromatic rings. The fourth-order valence-corrected chi connectivity index (χ4v) is 6.20. The Bertz CT molecular complexity index is 1420. The standard InChI is InChI=1S/C22H18F3N5O2S2/c1-10-4-5-11-15(7-10)34-21(18(11)19(26)31)28-20(32)13-9-17-27-12(14-3-2-6-33-14)8-16(22(23,24)25)30(17)29-13/h2-3,6,8-10H,4-5,7H2,1H3,(H2,26,31)(H,28,32)/t10-/m1/s1. The van der Waals surface area contributed by atoms with Gasteiger partial charge in [-0.3, -0.25) is 9.59 Å². The Balaban J connectivity index is 1.54. The molecule has 1 aliphatic carbocycles. The minimum Gasteiger partial charge on any atom is -0.365 e. The van der Waals surface area contributed by atoms with Gasteiger partial charge in [-0.25, -0.2) is 9.50 Å². The number of fused-ring (bicyclic) bond motifs is 2. The van der Waals surface area contributed by atoms with E-state index in [1.54, 1.807) is 17.5 Å². The van der Waals surface area contributed by atoms with E-state index in [4.69, 9.17) is 5.73 Å². The van der Waals surface area contributed by atoms with Crippen LogP contribution < -0.4 is 11.1 Å². The van der Waals surface area contributed by atoms with Crippen molar-refractivity contribution in [3.8, 4) is 10.6 Å². The van der Waals surface area contributed by atoms with Crippen molar-refractivity contribution >= 4 is 45.1 Å². The Morgan fingerprint density at radius 1 is 1.29 bits per heavy atom. The highest BCUT2D eigenvalue weighted by Gasteiger charge is 2.36. The van der Waals surface area contributed by atoms with Crippen molar-refractivity contribution in [2.75, 3.05) is 5.32 Å². The average Bonchev–Trinajstić information content (AvgIpc) is 3.49. The van der Waals surface area contributed by atoms with Crippen molar-refractivity contribution in [1.82, 2.24) is 14.6 Å². The van der Waals surface area contributed by atoms with Crippen LogP contribution in [0.25, 0.3) is 16.2 Å². The van der Waals surface area contributed by atoms with Gasteiger partial charge in [0.2, 0.25) is 0 Å². The summed E-state index contributed by atoms with van der Waals surface area (Å²) >= 11 is 2.53. The molecule has 0 aromatic carbocycles. The second kappa shape index (κ2) is 8.20. The molecule has 1 atom stereocenters. The molecule has 0 radical (unpaired) electrons. The lowest BCUT2D eigenvalue weighted by Gasteiger charge is -2.18. The van der Waals surface area contributed by atoms with Crippen molar-refractivity contribution in [2.45, 2.75) is 32.4 Å². The molecule has 2 amide bonds. The van der Waals surface area contributed by atoms with E-state index in [9.17, 15) is 22.8 Å². The molecule has 7 nitrogen and oxygen atoms in total. The number of primary amides is 1. The highest BCUT2D eigenvalue weighted by Crippen LogP contribution is 2.40. The topological polar surface area (TPSA) is 102 Å². The van der Waals surface area contributed by atoms with Crippen LogP contribution in [0.2, 0.25) is 0 Å². The Kier molecular flexibility index (Phi) is 5.44. The van der Waals surface area contributed by atoms with Gasteiger partial charge in [0.05, 0.1) is 16.1 Å². The molecular formula is C22H18F3N5O2S2. The fourth-order valence-electron chi connectivity index (χ4n) is 4.10. The maximum Gasteiger partial charge on any atom is 0.433 e. The first-order valence-corrected chi connectivity index (χ1v) is 12.1. The van der Waals surface area contributed by atoms with E-state index < -0.39 is 23.7 Å². The van der Waals surface area contributed by atoms with Crippen LogP contribution in [0.1, 0.15) is 50.3 Å². The van der Waals surface area contributed by atoms with Gasteiger partial charge < -0.3 is 11.1 Å². The molecule has 5 rings (SSSR count). The normalized spacial score (nSPS) is 15.9. The summed E-state index contributed by atoms with van der Waals surface area (Å²) in [5, 5.41) is 8.54. The fraction of sp³-hybridized carbons (Fsp3) is 0.273. The van der Waals surface area contributed by atoms with E-state index in [2.05, 4.69) is 22.3 Å². The van der Waals surface area contributed by atoms with E-state index in [0.717, 1.165) is 29.3 Å². The monoisotopic (exact) mass is 505 g/mol. The summed E-state index contributed by atoms with van der Waals surface area (Å²) in [5.41, 5.74) is 5.41. The maximum absolute atomic E-state index is 13.8. The molecular weight excluding hydrogens is 487 g/mol. The van der Waals surface area contributed by atoms with Crippen LogP contribution in [0, 0.1) is 5.92 Å². The minimum atomic E-state index is -4.71. The maximum atomic E-state index is 13.8. The molecule has 4 aromatic heterocycles. The number of alkyl halides is 3. The third kappa shape index (κ3) is 3.96. The number of carbonyl (C=O) groups is 2. The highest BCUT2D eigenvalue weighted by molar-refractivity contribution is 7.17. The predicted octanol–water partition coefficient (Wildman–Crippen LogP) is 5.01. The number of nitrogens with zero attached hydrogens (tertiary/aromatic N) is 3. The van der Waals surface area contributed by atoms with Gasteiger partial charge in [-0.05, 0) is 48.3 Å². The van der Waals surface area contributed by atoms with Crippen LogP contribution >= 0.6 is 22.7 Å². The predicted molar refractivity (Wildman–Crippen MR) is 123 cm³/mol. The molecule has 0 saturated heterocycles. The van der Waals surface area contributed by atoms with Crippen molar-refractivity contribution < 1.29 is 22.8 Å². The second-order valence-corrected chi connectivity index (χ2v) is 10.2. The summed E-state index contributed by atoms with van der Waals surface area (Å²) in [5.74, 6) is -0.956. The van der Waals surface area contributed by atoms with Crippen LogP contribution in [0.5, 0.6) is 0 Å². The van der Waals surface area contributed by atoms with Crippen LogP contribution in [-0.4, -0.2) is 26.4 Å². The van der Waals surface area contributed by atoms with E-state index in [1.807, 2.05) is 0 Å². The van der Waals surface area contributed by atoms with Crippen molar-refractivity contribution in [3.63, 3.8) is 0 Å². The molecule has 34 heavy (non-hydrogen) atoms. The Morgan fingerprint density at radius 3 is 2.76 bits per heavy atom. The number of amides is 2. The Labute approximate surface area is 199 Å². The van der Waals surface area contributed by atoms with E-state index >= 15 is 0 Å². The minimum absolute atomic E-state index is 0.113. The third-order valence-corrected chi connectivity index (χ3v) is 7.77. The summed E-state index contributed by atoms with van der Waals surface area (Å²) in [6, 6.07) is 5.49. The summed E-state index contributed by atoms with van der Waals surface area (Å²) < 4.78 is 41.9. The molecule has 1 aliphatic rings. The molecule has 0 bridgehead atoms. The number of nitrogens with one attached hydrogen (secondary N) is 1. The largest absolute Gasteiger partial charge is 0.433 e. The lowest BCUT2D eigenvalue weighted by Crippen LogP contribution is -2.19. The van der Waals surface area contributed by atoms with E-state index in [-0.39, 0.29) is 27.6 Å².